The number of amides is 1. The summed E-state index contributed by atoms with van der Waals surface area (Å²) in [5.41, 5.74) is 2.89. The van der Waals surface area contributed by atoms with Gasteiger partial charge in [-0.3, -0.25) is 4.79 Å². The number of hydrogen-bond donors (Lipinski definition) is 2. The standard InChI is InChI=1S/C16H19N3O/c1-11(2)16(20)19-14-7-8-15(17-10-14)18-13-6-4-5-12(3)9-13/h4-11H,1-3H3,(H,17,18)(H,19,20). The Bertz CT molecular complexity index is 591. The Kier molecular flexibility index (Phi) is 4.35. The third kappa shape index (κ3) is 3.82. The number of benzene rings is 1. The fourth-order valence-corrected chi connectivity index (χ4v) is 1.70. The summed E-state index contributed by atoms with van der Waals surface area (Å²) in [5.74, 6) is 0.699. The van der Waals surface area contributed by atoms with Crippen LogP contribution in [0.25, 0.3) is 0 Å². The summed E-state index contributed by atoms with van der Waals surface area (Å²) in [7, 11) is 0. The van der Waals surface area contributed by atoms with Gasteiger partial charge in [0.05, 0.1) is 11.9 Å². The number of hydrogen-bond acceptors (Lipinski definition) is 3. The molecule has 0 atom stereocenters. The molecular formula is C16H19N3O. The summed E-state index contributed by atoms with van der Waals surface area (Å²) in [5, 5.41) is 6.04. The van der Waals surface area contributed by atoms with Gasteiger partial charge in [0.1, 0.15) is 5.82 Å². The van der Waals surface area contributed by atoms with E-state index in [0.29, 0.717) is 5.69 Å². The van der Waals surface area contributed by atoms with Crippen molar-refractivity contribution in [3.8, 4) is 0 Å². The molecule has 2 aromatic rings. The monoisotopic (exact) mass is 269 g/mol. The highest BCUT2D eigenvalue weighted by atomic mass is 16.1. The van der Waals surface area contributed by atoms with E-state index in [2.05, 4.69) is 21.7 Å². The predicted molar refractivity (Wildman–Crippen MR) is 82.2 cm³/mol. The molecule has 1 amide bonds. The predicted octanol–water partition coefficient (Wildman–Crippen LogP) is 3.73. The van der Waals surface area contributed by atoms with E-state index in [1.807, 2.05) is 51.1 Å². The molecule has 20 heavy (non-hydrogen) atoms. The molecular weight excluding hydrogens is 250 g/mol. The lowest BCUT2D eigenvalue weighted by Gasteiger charge is -2.09. The van der Waals surface area contributed by atoms with Crippen molar-refractivity contribution in [3.05, 3.63) is 48.2 Å². The van der Waals surface area contributed by atoms with E-state index in [0.717, 1.165) is 11.5 Å². The summed E-state index contributed by atoms with van der Waals surface area (Å²) >= 11 is 0. The minimum atomic E-state index is -0.0416. The lowest BCUT2D eigenvalue weighted by atomic mass is 10.2. The second-order valence-corrected chi connectivity index (χ2v) is 5.07. The first-order chi connectivity index (χ1) is 9.54. The van der Waals surface area contributed by atoms with E-state index in [4.69, 9.17) is 0 Å². The van der Waals surface area contributed by atoms with Crippen LogP contribution in [0.3, 0.4) is 0 Å². The molecule has 4 nitrogen and oxygen atoms in total. The van der Waals surface area contributed by atoms with Crippen LogP contribution in [0.1, 0.15) is 19.4 Å². The van der Waals surface area contributed by atoms with Crippen molar-refractivity contribution in [3.63, 3.8) is 0 Å². The van der Waals surface area contributed by atoms with Crippen LogP contribution in [0.2, 0.25) is 0 Å². The molecule has 0 fully saturated rings. The molecule has 0 aliphatic rings. The Hall–Kier alpha value is -2.36. The summed E-state index contributed by atoms with van der Waals surface area (Å²) in [6.45, 7) is 5.76. The fourth-order valence-electron chi connectivity index (χ4n) is 1.70. The molecule has 0 unspecified atom stereocenters. The van der Waals surface area contributed by atoms with Crippen LogP contribution >= 0.6 is 0 Å². The van der Waals surface area contributed by atoms with Crippen molar-refractivity contribution in [2.24, 2.45) is 5.92 Å². The maximum Gasteiger partial charge on any atom is 0.226 e. The van der Waals surface area contributed by atoms with Crippen molar-refractivity contribution in [1.29, 1.82) is 0 Å². The highest BCUT2D eigenvalue weighted by Gasteiger charge is 2.07. The molecule has 0 saturated heterocycles. The minimum Gasteiger partial charge on any atom is -0.340 e. The Labute approximate surface area is 119 Å². The molecule has 2 N–H and O–H groups in total. The van der Waals surface area contributed by atoms with Crippen LogP contribution in [-0.2, 0) is 4.79 Å². The van der Waals surface area contributed by atoms with E-state index in [1.165, 1.54) is 5.56 Å². The second kappa shape index (κ2) is 6.19. The van der Waals surface area contributed by atoms with Crippen molar-refractivity contribution >= 4 is 23.1 Å². The van der Waals surface area contributed by atoms with Gasteiger partial charge in [0.15, 0.2) is 0 Å². The van der Waals surface area contributed by atoms with Crippen molar-refractivity contribution in [2.45, 2.75) is 20.8 Å². The Balaban J connectivity index is 2.03. The first-order valence-corrected chi connectivity index (χ1v) is 6.65. The normalized spacial score (nSPS) is 10.4. The third-order valence-corrected chi connectivity index (χ3v) is 2.85. The van der Waals surface area contributed by atoms with Gasteiger partial charge in [-0.25, -0.2) is 4.98 Å². The van der Waals surface area contributed by atoms with Crippen molar-refractivity contribution in [1.82, 2.24) is 4.98 Å². The van der Waals surface area contributed by atoms with Gasteiger partial charge in [-0.2, -0.15) is 0 Å². The number of aryl methyl sites for hydroxylation is 1. The van der Waals surface area contributed by atoms with Crippen LogP contribution in [0.15, 0.2) is 42.6 Å². The van der Waals surface area contributed by atoms with Crippen molar-refractivity contribution in [2.75, 3.05) is 10.6 Å². The van der Waals surface area contributed by atoms with Gasteiger partial charge < -0.3 is 10.6 Å². The number of nitrogens with one attached hydrogen (secondary N) is 2. The summed E-state index contributed by atoms with van der Waals surface area (Å²) in [6, 6.07) is 11.8. The average molecular weight is 269 g/mol. The summed E-state index contributed by atoms with van der Waals surface area (Å²) < 4.78 is 0. The first-order valence-electron chi connectivity index (χ1n) is 6.65. The maximum atomic E-state index is 11.6. The number of nitrogens with zero attached hydrogens (tertiary/aromatic N) is 1. The molecule has 0 aliphatic carbocycles. The molecule has 104 valence electrons. The molecule has 0 saturated carbocycles. The van der Waals surface area contributed by atoms with E-state index >= 15 is 0 Å². The average Bonchev–Trinajstić information content (AvgIpc) is 2.41. The zero-order valence-electron chi connectivity index (χ0n) is 12.0. The number of carbonyl (C=O) groups excluding carboxylic acids is 1. The number of anilines is 3. The van der Waals surface area contributed by atoms with Crippen LogP contribution < -0.4 is 10.6 Å². The topological polar surface area (TPSA) is 54.0 Å². The smallest absolute Gasteiger partial charge is 0.226 e. The zero-order chi connectivity index (χ0) is 14.5. The molecule has 1 heterocycles. The van der Waals surface area contributed by atoms with Gasteiger partial charge in [-0.1, -0.05) is 26.0 Å². The van der Waals surface area contributed by atoms with Gasteiger partial charge in [0.2, 0.25) is 5.91 Å². The minimum absolute atomic E-state index is 0.00815. The van der Waals surface area contributed by atoms with Gasteiger partial charge in [-0.05, 0) is 36.8 Å². The Morgan fingerprint density at radius 3 is 2.55 bits per heavy atom. The quantitative estimate of drug-likeness (QED) is 0.889. The number of carbonyl (C=O) groups is 1. The lowest BCUT2D eigenvalue weighted by molar-refractivity contribution is -0.118. The molecule has 0 radical (unpaired) electrons. The number of rotatable bonds is 4. The largest absolute Gasteiger partial charge is 0.340 e. The maximum absolute atomic E-state index is 11.6. The van der Waals surface area contributed by atoms with Gasteiger partial charge in [-0.15, -0.1) is 0 Å². The first kappa shape index (κ1) is 14.1. The van der Waals surface area contributed by atoms with Crippen LogP contribution in [0.5, 0.6) is 0 Å². The molecule has 2 rings (SSSR count). The lowest BCUT2D eigenvalue weighted by Crippen LogP contribution is -2.17. The van der Waals surface area contributed by atoms with E-state index in [1.54, 1.807) is 6.20 Å². The molecule has 0 aliphatic heterocycles. The summed E-state index contributed by atoms with van der Waals surface area (Å²) in [4.78, 5) is 15.9. The van der Waals surface area contributed by atoms with E-state index < -0.39 is 0 Å². The second-order valence-electron chi connectivity index (χ2n) is 5.07. The van der Waals surface area contributed by atoms with Crippen LogP contribution in [0, 0.1) is 12.8 Å². The molecule has 0 bridgehead atoms. The molecule has 4 heteroatoms. The Morgan fingerprint density at radius 1 is 1.15 bits per heavy atom. The molecule has 1 aromatic carbocycles. The van der Waals surface area contributed by atoms with Crippen LogP contribution in [0.4, 0.5) is 17.2 Å². The highest BCUT2D eigenvalue weighted by Crippen LogP contribution is 2.17. The summed E-state index contributed by atoms with van der Waals surface area (Å²) in [6.07, 6.45) is 1.65. The number of pyridine rings is 1. The SMILES string of the molecule is Cc1cccc(Nc2ccc(NC(=O)C(C)C)cn2)c1. The van der Waals surface area contributed by atoms with Gasteiger partial charge in [0.25, 0.3) is 0 Å². The number of aromatic nitrogens is 1. The van der Waals surface area contributed by atoms with Crippen molar-refractivity contribution < 1.29 is 4.79 Å². The fraction of sp³-hybridized carbons (Fsp3) is 0.250. The van der Waals surface area contributed by atoms with E-state index in [9.17, 15) is 4.79 Å². The third-order valence-electron chi connectivity index (χ3n) is 2.85. The van der Waals surface area contributed by atoms with E-state index in [-0.39, 0.29) is 11.8 Å². The molecule has 0 spiro atoms. The van der Waals surface area contributed by atoms with Gasteiger partial charge in [0, 0.05) is 11.6 Å². The zero-order valence-corrected chi connectivity index (χ0v) is 12.0. The Morgan fingerprint density at radius 2 is 1.95 bits per heavy atom. The highest BCUT2D eigenvalue weighted by molar-refractivity contribution is 5.91. The van der Waals surface area contributed by atoms with Crippen LogP contribution in [-0.4, -0.2) is 10.9 Å². The van der Waals surface area contributed by atoms with Gasteiger partial charge >= 0.3 is 0 Å². The molecule has 1 aromatic heterocycles.